The van der Waals surface area contributed by atoms with Crippen LogP contribution in [0.15, 0.2) is 24.3 Å². The minimum absolute atomic E-state index is 0.0330. The van der Waals surface area contributed by atoms with Crippen LogP contribution in [0.25, 0.3) is 0 Å². The minimum Gasteiger partial charge on any atom is -0.300 e. The molecule has 0 bridgehead atoms. The number of hydrazine groups is 1. The molecule has 0 amide bonds. The molecule has 0 aliphatic carbocycles. The molecule has 0 aromatic heterocycles. The molecule has 0 fully saturated rings. The van der Waals surface area contributed by atoms with Gasteiger partial charge in [0.1, 0.15) is 0 Å². The van der Waals surface area contributed by atoms with Gasteiger partial charge < -0.3 is 5.32 Å². The van der Waals surface area contributed by atoms with Crippen LogP contribution >= 0.6 is 0 Å². The number of benzene rings is 1. The molecule has 1 aromatic carbocycles. The second-order valence-corrected chi connectivity index (χ2v) is 3.38. The van der Waals surface area contributed by atoms with Gasteiger partial charge in [-0.1, -0.05) is 37.6 Å². The summed E-state index contributed by atoms with van der Waals surface area (Å²) in [5, 5.41) is 3.08. The number of aryl methyl sites for hydroxylation is 1. The van der Waals surface area contributed by atoms with E-state index in [0.717, 1.165) is 12.0 Å². The molecule has 0 heterocycles. The third kappa shape index (κ3) is 2.80. The lowest BCUT2D eigenvalue weighted by molar-refractivity contribution is 0.488. The maximum absolute atomic E-state index is 5.40. The molecule has 3 nitrogen and oxygen atoms in total. The van der Waals surface area contributed by atoms with E-state index in [0.29, 0.717) is 0 Å². The van der Waals surface area contributed by atoms with Gasteiger partial charge in [0, 0.05) is 0 Å². The topological polar surface area (TPSA) is 50.1 Å². The molecule has 0 aliphatic rings. The van der Waals surface area contributed by atoms with Gasteiger partial charge in [0.25, 0.3) is 0 Å². The predicted molar refractivity (Wildman–Crippen MR) is 59.6 cm³/mol. The van der Waals surface area contributed by atoms with Crippen LogP contribution in [0.1, 0.15) is 30.6 Å². The number of rotatable bonds is 5. The van der Waals surface area contributed by atoms with E-state index < -0.39 is 0 Å². The molecule has 0 spiro atoms. The van der Waals surface area contributed by atoms with Crippen molar-refractivity contribution in [3.05, 3.63) is 35.4 Å². The summed E-state index contributed by atoms with van der Waals surface area (Å²) in [4.78, 5) is 0. The van der Waals surface area contributed by atoms with E-state index in [1.807, 2.05) is 7.05 Å². The average molecular weight is 193 g/mol. The fourth-order valence-electron chi connectivity index (χ4n) is 1.51. The molecule has 3 heteroatoms. The molecule has 14 heavy (non-hydrogen) atoms. The molecular formula is C11H19N3. The van der Waals surface area contributed by atoms with E-state index >= 15 is 0 Å². The highest BCUT2D eigenvalue weighted by atomic mass is 15.3. The lowest BCUT2D eigenvalue weighted by Gasteiger charge is -2.15. The summed E-state index contributed by atoms with van der Waals surface area (Å²) in [6, 6.07) is 8.51. The van der Waals surface area contributed by atoms with Crippen LogP contribution in [0.5, 0.6) is 0 Å². The Balaban J connectivity index is 2.71. The first kappa shape index (κ1) is 11.2. The van der Waals surface area contributed by atoms with E-state index in [4.69, 9.17) is 5.84 Å². The monoisotopic (exact) mass is 193 g/mol. The summed E-state index contributed by atoms with van der Waals surface area (Å²) < 4.78 is 0. The molecule has 4 N–H and O–H groups in total. The average Bonchev–Trinajstić information content (AvgIpc) is 2.23. The number of hydrogen-bond acceptors (Lipinski definition) is 3. The Morgan fingerprint density at radius 2 is 1.93 bits per heavy atom. The van der Waals surface area contributed by atoms with E-state index in [-0.39, 0.29) is 6.17 Å². The van der Waals surface area contributed by atoms with Crippen LogP contribution in [-0.2, 0) is 6.42 Å². The van der Waals surface area contributed by atoms with E-state index in [1.54, 1.807) is 0 Å². The molecule has 0 radical (unpaired) electrons. The zero-order valence-corrected chi connectivity index (χ0v) is 8.88. The van der Waals surface area contributed by atoms with Crippen molar-refractivity contribution in [2.75, 3.05) is 7.05 Å². The summed E-state index contributed by atoms with van der Waals surface area (Å²) in [5.74, 6) is 5.40. The molecule has 0 saturated heterocycles. The number of hydrogen-bond donors (Lipinski definition) is 3. The van der Waals surface area contributed by atoms with Crippen molar-refractivity contribution in [3.8, 4) is 0 Å². The first-order chi connectivity index (χ1) is 6.81. The van der Waals surface area contributed by atoms with Crippen LogP contribution in [0, 0.1) is 0 Å². The summed E-state index contributed by atoms with van der Waals surface area (Å²) in [7, 11) is 1.88. The quantitative estimate of drug-likeness (QED) is 0.375. The molecule has 78 valence electrons. The Morgan fingerprint density at radius 3 is 2.36 bits per heavy atom. The first-order valence-corrected chi connectivity index (χ1v) is 5.04. The van der Waals surface area contributed by atoms with Crippen molar-refractivity contribution < 1.29 is 0 Å². The summed E-state index contributed by atoms with van der Waals surface area (Å²) in [6.45, 7) is 2.19. The van der Waals surface area contributed by atoms with Crippen molar-refractivity contribution in [1.29, 1.82) is 0 Å². The van der Waals surface area contributed by atoms with Crippen LogP contribution in [0.2, 0.25) is 0 Å². The van der Waals surface area contributed by atoms with Gasteiger partial charge in [-0.3, -0.25) is 5.84 Å². The molecule has 1 rings (SSSR count). The van der Waals surface area contributed by atoms with Crippen molar-refractivity contribution in [1.82, 2.24) is 10.7 Å². The molecular weight excluding hydrogens is 174 g/mol. The maximum atomic E-state index is 5.40. The van der Waals surface area contributed by atoms with Crippen molar-refractivity contribution >= 4 is 0 Å². The lowest BCUT2D eigenvalue weighted by Crippen LogP contribution is -2.36. The normalized spacial score (nSPS) is 12.8. The third-order valence-corrected chi connectivity index (χ3v) is 2.31. The second-order valence-electron chi connectivity index (χ2n) is 3.38. The summed E-state index contributed by atoms with van der Waals surface area (Å²) in [5.41, 5.74) is 5.25. The highest BCUT2D eigenvalue weighted by Gasteiger charge is 2.04. The summed E-state index contributed by atoms with van der Waals surface area (Å²) in [6.07, 6.45) is 2.36. The molecule has 1 unspecified atom stereocenters. The van der Waals surface area contributed by atoms with Gasteiger partial charge in [-0.25, -0.2) is 5.43 Å². The van der Waals surface area contributed by atoms with Gasteiger partial charge in [-0.05, 0) is 24.6 Å². The Kier molecular flexibility index (Phi) is 4.59. The van der Waals surface area contributed by atoms with E-state index in [2.05, 4.69) is 41.9 Å². The smallest absolute Gasteiger partial charge is 0.0958 e. The highest BCUT2D eigenvalue weighted by molar-refractivity contribution is 5.24. The van der Waals surface area contributed by atoms with Crippen molar-refractivity contribution in [3.63, 3.8) is 0 Å². The maximum Gasteiger partial charge on any atom is 0.0958 e. The van der Waals surface area contributed by atoms with Crippen LogP contribution in [0.3, 0.4) is 0 Å². The molecule has 1 aromatic rings. The predicted octanol–water partition coefficient (Wildman–Crippen LogP) is 1.32. The van der Waals surface area contributed by atoms with Crippen molar-refractivity contribution in [2.45, 2.75) is 25.9 Å². The number of nitrogens with two attached hydrogens (primary N) is 1. The highest BCUT2D eigenvalue weighted by Crippen LogP contribution is 2.11. The fraction of sp³-hybridized carbons (Fsp3) is 0.455. The second kappa shape index (κ2) is 5.75. The molecule has 1 atom stereocenters. The Labute approximate surface area is 85.7 Å². The molecule has 0 aliphatic heterocycles. The fourth-order valence-corrected chi connectivity index (χ4v) is 1.51. The Bertz CT molecular complexity index is 252. The minimum atomic E-state index is 0.0330. The van der Waals surface area contributed by atoms with Gasteiger partial charge >= 0.3 is 0 Å². The van der Waals surface area contributed by atoms with Gasteiger partial charge in [0.2, 0.25) is 0 Å². The van der Waals surface area contributed by atoms with Crippen LogP contribution < -0.4 is 16.6 Å². The van der Waals surface area contributed by atoms with Crippen LogP contribution in [0.4, 0.5) is 0 Å². The standard InChI is InChI=1S/C11H19N3/c1-3-4-9-5-7-10(8-6-9)11(13-2)14-12/h5-8,11,13-14H,3-4,12H2,1-2H3. The first-order valence-electron chi connectivity index (χ1n) is 5.04. The zero-order chi connectivity index (χ0) is 10.4. The Morgan fingerprint density at radius 1 is 1.29 bits per heavy atom. The van der Waals surface area contributed by atoms with E-state index in [9.17, 15) is 0 Å². The third-order valence-electron chi connectivity index (χ3n) is 2.31. The zero-order valence-electron chi connectivity index (χ0n) is 8.88. The van der Waals surface area contributed by atoms with Gasteiger partial charge in [-0.2, -0.15) is 0 Å². The van der Waals surface area contributed by atoms with Gasteiger partial charge in [0.05, 0.1) is 6.17 Å². The Hall–Kier alpha value is -0.900. The van der Waals surface area contributed by atoms with Gasteiger partial charge in [0.15, 0.2) is 0 Å². The largest absolute Gasteiger partial charge is 0.300 e. The molecule has 0 saturated carbocycles. The van der Waals surface area contributed by atoms with Gasteiger partial charge in [-0.15, -0.1) is 0 Å². The van der Waals surface area contributed by atoms with Crippen molar-refractivity contribution in [2.24, 2.45) is 5.84 Å². The van der Waals surface area contributed by atoms with Crippen LogP contribution in [-0.4, -0.2) is 7.05 Å². The lowest BCUT2D eigenvalue weighted by atomic mass is 10.1. The summed E-state index contributed by atoms with van der Waals surface area (Å²) >= 11 is 0. The SMILES string of the molecule is CCCc1ccc(C(NC)NN)cc1. The van der Waals surface area contributed by atoms with E-state index in [1.165, 1.54) is 12.0 Å². The number of nitrogens with one attached hydrogen (secondary N) is 2.